The summed E-state index contributed by atoms with van der Waals surface area (Å²) in [5.41, 5.74) is 7.96. The van der Waals surface area contributed by atoms with Crippen molar-refractivity contribution in [2.75, 3.05) is 5.73 Å². The van der Waals surface area contributed by atoms with Crippen LogP contribution in [0.4, 0.5) is 5.82 Å². The van der Waals surface area contributed by atoms with Crippen molar-refractivity contribution in [3.8, 4) is 5.69 Å². The van der Waals surface area contributed by atoms with E-state index in [2.05, 4.69) is 36.2 Å². The van der Waals surface area contributed by atoms with Gasteiger partial charge in [0.2, 0.25) is 0 Å². The second-order valence-corrected chi connectivity index (χ2v) is 3.23. The first-order valence-electron chi connectivity index (χ1n) is 4.68. The minimum absolute atomic E-state index is 0.546. The third-order valence-corrected chi connectivity index (χ3v) is 2.25. The zero-order chi connectivity index (χ0) is 9.97. The Labute approximate surface area is 83.2 Å². The summed E-state index contributed by atoms with van der Waals surface area (Å²) in [6.45, 7) is 2.14. The van der Waals surface area contributed by atoms with Gasteiger partial charge in [-0.15, -0.1) is 0 Å². The second-order valence-electron chi connectivity index (χ2n) is 3.23. The van der Waals surface area contributed by atoms with Gasteiger partial charge < -0.3 is 10.3 Å². The van der Waals surface area contributed by atoms with Crippen LogP contribution in [0, 0.1) is 0 Å². The van der Waals surface area contributed by atoms with Crippen LogP contribution in [-0.4, -0.2) is 9.55 Å². The maximum atomic E-state index is 5.54. The summed E-state index contributed by atoms with van der Waals surface area (Å²) < 4.78 is 1.91. The molecule has 3 nitrogen and oxygen atoms in total. The molecule has 0 amide bonds. The third kappa shape index (κ3) is 1.62. The molecule has 0 spiro atoms. The number of imidazole rings is 1. The van der Waals surface area contributed by atoms with Gasteiger partial charge >= 0.3 is 0 Å². The smallest absolute Gasteiger partial charge is 0.141 e. The van der Waals surface area contributed by atoms with Gasteiger partial charge in [0.15, 0.2) is 0 Å². The van der Waals surface area contributed by atoms with Crippen LogP contribution in [0.3, 0.4) is 0 Å². The van der Waals surface area contributed by atoms with Crippen molar-refractivity contribution in [3.63, 3.8) is 0 Å². The van der Waals surface area contributed by atoms with E-state index in [1.54, 1.807) is 12.5 Å². The highest BCUT2D eigenvalue weighted by atomic mass is 15.1. The van der Waals surface area contributed by atoms with Crippen molar-refractivity contribution in [2.45, 2.75) is 13.3 Å². The average molecular weight is 187 g/mol. The first kappa shape index (κ1) is 8.81. The van der Waals surface area contributed by atoms with Crippen molar-refractivity contribution in [1.82, 2.24) is 9.55 Å². The van der Waals surface area contributed by atoms with Crippen LogP contribution in [0.2, 0.25) is 0 Å². The van der Waals surface area contributed by atoms with Crippen molar-refractivity contribution < 1.29 is 0 Å². The number of nitrogens with two attached hydrogens (primary N) is 1. The van der Waals surface area contributed by atoms with E-state index < -0.39 is 0 Å². The van der Waals surface area contributed by atoms with Gasteiger partial charge in [-0.2, -0.15) is 0 Å². The highest BCUT2D eigenvalue weighted by Gasteiger charge is 1.97. The monoisotopic (exact) mass is 187 g/mol. The van der Waals surface area contributed by atoms with E-state index in [0.29, 0.717) is 5.82 Å². The van der Waals surface area contributed by atoms with Crippen LogP contribution in [-0.2, 0) is 6.42 Å². The number of nitrogen functional groups attached to an aromatic ring is 1. The molecule has 0 aliphatic heterocycles. The maximum Gasteiger partial charge on any atom is 0.141 e. The predicted octanol–water partition coefficient (Wildman–Crippen LogP) is 2.02. The van der Waals surface area contributed by atoms with E-state index in [-0.39, 0.29) is 0 Å². The Morgan fingerprint density at radius 2 is 2.00 bits per heavy atom. The maximum absolute atomic E-state index is 5.54. The largest absolute Gasteiger partial charge is 0.382 e. The molecule has 0 fully saturated rings. The van der Waals surface area contributed by atoms with Gasteiger partial charge in [0.25, 0.3) is 0 Å². The fraction of sp³-hybridized carbons (Fsp3) is 0.182. The number of benzene rings is 1. The minimum atomic E-state index is 0.546. The molecule has 2 rings (SSSR count). The molecule has 0 atom stereocenters. The molecule has 72 valence electrons. The number of anilines is 1. The van der Waals surface area contributed by atoms with E-state index in [4.69, 9.17) is 5.73 Å². The SMILES string of the molecule is CCc1ccc(-n2cnc(N)c2)cc1. The minimum Gasteiger partial charge on any atom is -0.382 e. The van der Waals surface area contributed by atoms with Crippen molar-refractivity contribution in [3.05, 3.63) is 42.4 Å². The van der Waals surface area contributed by atoms with E-state index in [9.17, 15) is 0 Å². The van der Waals surface area contributed by atoms with Gasteiger partial charge in [-0.1, -0.05) is 19.1 Å². The molecule has 1 aromatic heterocycles. The quantitative estimate of drug-likeness (QED) is 0.781. The lowest BCUT2D eigenvalue weighted by molar-refractivity contribution is 1.05. The molecule has 0 unspecified atom stereocenters. The topological polar surface area (TPSA) is 43.8 Å². The van der Waals surface area contributed by atoms with Crippen LogP contribution in [0.1, 0.15) is 12.5 Å². The lowest BCUT2D eigenvalue weighted by Crippen LogP contribution is -1.90. The normalized spacial score (nSPS) is 10.4. The molecule has 14 heavy (non-hydrogen) atoms. The number of aromatic nitrogens is 2. The Hall–Kier alpha value is -1.77. The van der Waals surface area contributed by atoms with Crippen LogP contribution >= 0.6 is 0 Å². The summed E-state index contributed by atoms with van der Waals surface area (Å²) in [5.74, 6) is 0.546. The number of rotatable bonds is 2. The zero-order valence-electron chi connectivity index (χ0n) is 8.14. The van der Waals surface area contributed by atoms with E-state index >= 15 is 0 Å². The number of hydrogen-bond donors (Lipinski definition) is 1. The second kappa shape index (κ2) is 3.54. The Morgan fingerprint density at radius 3 is 2.50 bits per heavy atom. The Balaban J connectivity index is 2.33. The fourth-order valence-corrected chi connectivity index (χ4v) is 1.38. The van der Waals surface area contributed by atoms with E-state index in [1.165, 1.54) is 5.56 Å². The number of aryl methyl sites for hydroxylation is 1. The fourth-order valence-electron chi connectivity index (χ4n) is 1.38. The standard InChI is InChI=1S/C11H13N3/c1-2-9-3-5-10(6-4-9)14-7-11(12)13-8-14/h3-8H,2,12H2,1H3. The lowest BCUT2D eigenvalue weighted by atomic mass is 10.1. The predicted molar refractivity (Wildman–Crippen MR) is 57.4 cm³/mol. The summed E-state index contributed by atoms with van der Waals surface area (Å²) in [6.07, 6.45) is 4.59. The summed E-state index contributed by atoms with van der Waals surface area (Å²) in [7, 11) is 0. The summed E-state index contributed by atoms with van der Waals surface area (Å²) >= 11 is 0. The molecular weight excluding hydrogens is 174 g/mol. The molecule has 0 aliphatic carbocycles. The molecule has 2 N–H and O–H groups in total. The van der Waals surface area contributed by atoms with Crippen molar-refractivity contribution >= 4 is 5.82 Å². The number of hydrogen-bond acceptors (Lipinski definition) is 2. The highest BCUT2D eigenvalue weighted by Crippen LogP contribution is 2.11. The van der Waals surface area contributed by atoms with Gasteiger partial charge in [0.1, 0.15) is 12.1 Å². The van der Waals surface area contributed by atoms with Gasteiger partial charge in [-0.05, 0) is 24.1 Å². The first-order chi connectivity index (χ1) is 6.79. The van der Waals surface area contributed by atoms with Crippen LogP contribution in [0.25, 0.3) is 5.69 Å². The summed E-state index contributed by atoms with van der Waals surface area (Å²) in [6, 6.07) is 8.37. The lowest BCUT2D eigenvalue weighted by Gasteiger charge is -2.02. The van der Waals surface area contributed by atoms with E-state index in [0.717, 1.165) is 12.1 Å². The van der Waals surface area contributed by atoms with Crippen molar-refractivity contribution in [1.29, 1.82) is 0 Å². The molecular formula is C11H13N3. The molecule has 0 aliphatic rings. The van der Waals surface area contributed by atoms with Gasteiger partial charge in [-0.3, -0.25) is 0 Å². The highest BCUT2D eigenvalue weighted by molar-refractivity contribution is 5.37. The Bertz CT molecular complexity index is 414. The third-order valence-electron chi connectivity index (χ3n) is 2.25. The summed E-state index contributed by atoms with van der Waals surface area (Å²) in [5, 5.41) is 0. The Morgan fingerprint density at radius 1 is 1.29 bits per heavy atom. The summed E-state index contributed by atoms with van der Waals surface area (Å²) in [4.78, 5) is 3.98. The van der Waals surface area contributed by atoms with Crippen LogP contribution in [0.15, 0.2) is 36.8 Å². The molecule has 1 heterocycles. The molecule has 0 saturated heterocycles. The molecule has 0 radical (unpaired) electrons. The molecule has 2 aromatic rings. The first-order valence-corrected chi connectivity index (χ1v) is 4.68. The van der Waals surface area contributed by atoms with Crippen molar-refractivity contribution in [2.24, 2.45) is 0 Å². The number of nitrogens with zero attached hydrogens (tertiary/aromatic N) is 2. The molecule has 0 bridgehead atoms. The van der Waals surface area contributed by atoms with Crippen LogP contribution < -0.4 is 5.73 Å². The zero-order valence-corrected chi connectivity index (χ0v) is 8.14. The molecule has 3 heteroatoms. The molecule has 1 aromatic carbocycles. The van der Waals surface area contributed by atoms with Gasteiger partial charge in [0, 0.05) is 5.69 Å². The average Bonchev–Trinajstić information content (AvgIpc) is 2.65. The van der Waals surface area contributed by atoms with Gasteiger partial charge in [0.05, 0.1) is 6.20 Å². The van der Waals surface area contributed by atoms with Gasteiger partial charge in [-0.25, -0.2) is 4.98 Å². The Kier molecular flexibility index (Phi) is 2.23. The molecule has 0 saturated carbocycles. The van der Waals surface area contributed by atoms with Crippen LogP contribution in [0.5, 0.6) is 0 Å². The van der Waals surface area contributed by atoms with E-state index in [1.807, 2.05) is 4.57 Å².